The maximum Gasteiger partial charge on any atom is 0.245 e. The van der Waals surface area contributed by atoms with Crippen LogP contribution in [0.25, 0.3) is 43.4 Å². The van der Waals surface area contributed by atoms with E-state index in [9.17, 15) is 9.18 Å². The van der Waals surface area contributed by atoms with Crippen LogP contribution in [0.4, 0.5) is 8.78 Å². The predicted molar refractivity (Wildman–Crippen MR) is 164 cm³/mol. The maximum atomic E-state index is 15.8. The molecule has 1 amide bonds. The van der Waals surface area contributed by atoms with E-state index in [0.29, 0.717) is 36.5 Å². The number of hydrogen-bond acceptors (Lipinski definition) is 6. The summed E-state index contributed by atoms with van der Waals surface area (Å²) in [5, 5.41) is 8.04. The number of rotatable bonds is 7. The lowest BCUT2D eigenvalue weighted by molar-refractivity contribution is -0.125. The maximum absolute atomic E-state index is 15.8. The Morgan fingerprint density at radius 1 is 1.21 bits per heavy atom. The Morgan fingerprint density at radius 2 is 2.07 bits per heavy atom. The molecule has 1 fully saturated rings. The van der Waals surface area contributed by atoms with Crippen LogP contribution in [0.3, 0.4) is 0 Å². The topological polar surface area (TPSA) is 69.5 Å². The van der Waals surface area contributed by atoms with Gasteiger partial charge in [-0.15, -0.1) is 11.3 Å². The number of hydrogen-bond donors (Lipinski definition) is 0. The molecule has 1 atom stereocenters. The number of aryl methyl sites for hydroxylation is 1. The number of amides is 1. The zero-order valence-electron chi connectivity index (χ0n) is 23.7. The highest BCUT2D eigenvalue weighted by molar-refractivity contribution is 7.17. The average Bonchev–Trinajstić information content (AvgIpc) is 3.76. The van der Waals surface area contributed by atoms with Crippen LogP contribution in [0, 0.1) is 29.4 Å². The van der Waals surface area contributed by atoms with Gasteiger partial charge in [0, 0.05) is 71.9 Å². The molecule has 1 saturated heterocycles. The number of ether oxygens (including phenoxy) is 2. The van der Waals surface area contributed by atoms with Crippen LogP contribution in [-0.2, 0) is 16.6 Å². The van der Waals surface area contributed by atoms with Crippen LogP contribution in [0.1, 0.15) is 12.1 Å². The van der Waals surface area contributed by atoms with Gasteiger partial charge in [-0.1, -0.05) is 18.6 Å². The van der Waals surface area contributed by atoms with E-state index in [1.165, 1.54) is 30.6 Å². The molecule has 1 aliphatic heterocycles. The van der Waals surface area contributed by atoms with Crippen molar-refractivity contribution in [3.8, 4) is 40.0 Å². The summed E-state index contributed by atoms with van der Waals surface area (Å²) in [6.45, 7) is 4.97. The van der Waals surface area contributed by atoms with E-state index in [-0.39, 0.29) is 36.4 Å². The third-order valence-electron chi connectivity index (χ3n) is 7.51. The van der Waals surface area contributed by atoms with Gasteiger partial charge < -0.3 is 14.4 Å². The first kappa shape index (κ1) is 28.5. The number of methoxy groups -OCH3 is 1. The molecule has 6 rings (SSSR count). The van der Waals surface area contributed by atoms with Crippen molar-refractivity contribution >= 4 is 38.2 Å². The predicted octanol–water partition coefficient (Wildman–Crippen LogP) is 6.21. The molecule has 10 heteroatoms. The van der Waals surface area contributed by atoms with Gasteiger partial charge in [-0.3, -0.25) is 9.48 Å². The monoisotopic (exact) mass is 598 g/mol. The Bertz CT molecular complexity index is 1940. The van der Waals surface area contributed by atoms with E-state index in [1.54, 1.807) is 15.8 Å². The Balaban J connectivity index is 1.56. The van der Waals surface area contributed by atoms with Gasteiger partial charge in [0.1, 0.15) is 29.7 Å². The van der Waals surface area contributed by atoms with Crippen LogP contribution in [0.5, 0.6) is 5.75 Å². The van der Waals surface area contributed by atoms with Gasteiger partial charge in [0.15, 0.2) is 0 Å². The molecule has 4 heterocycles. The third kappa shape index (κ3) is 5.49. The Hall–Kier alpha value is -4.59. The van der Waals surface area contributed by atoms with Crippen molar-refractivity contribution < 1.29 is 23.0 Å². The van der Waals surface area contributed by atoms with Gasteiger partial charge in [0.25, 0.3) is 0 Å². The van der Waals surface area contributed by atoms with Gasteiger partial charge >= 0.3 is 0 Å². The second kappa shape index (κ2) is 12.0. The Labute approximate surface area is 251 Å². The zero-order chi connectivity index (χ0) is 30.1. The first-order valence-corrected chi connectivity index (χ1v) is 14.6. The lowest BCUT2D eigenvalue weighted by Gasteiger charge is -2.16. The summed E-state index contributed by atoms with van der Waals surface area (Å²) in [7, 11) is 3.41. The number of nitrogens with zero attached hydrogens (tertiary/aromatic N) is 4. The Kier molecular flexibility index (Phi) is 7.93. The summed E-state index contributed by atoms with van der Waals surface area (Å²) >= 11 is 1.43. The Morgan fingerprint density at radius 3 is 2.88 bits per heavy atom. The van der Waals surface area contributed by atoms with E-state index < -0.39 is 11.6 Å². The summed E-state index contributed by atoms with van der Waals surface area (Å²) in [6, 6.07) is 9.95. The van der Waals surface area contributed by atoms with E-state index in [2.05, 4.69) is 23.5 Å². The molecule has 5 aromatic rings. The average molecular weight is 599 g/mol. The molecule has 0 radical (unpaired) electrons. The third-order valence-corrected chi connectivity index (χ3v) is 8.44. The number of carbonyl (C=O) groups is 1. The van der Waals surface area contributed by atoms with E-state index >= 15 is 4.39 Å². The summed E-state index contributed by atoms with van der Waals surface area (Å²) in [5.41, 5.74) is 3.39. The van der Waals surface area contributed by atoms with E-state index in [4.69, 9.17) is 14.5 Å². The van der Waals surface area contributed by atoms with Crippen molar-refractivity contribution in [3.05, 3.63) is 78.0 Å². The number of likely N-dealkylation sites (tertiary alicyclic amines) is 1. The van der Waals surface area contributed by atoms with Crippen molar-refractivity contribution in [3.63, 3.8) is 0 Å². The molecule has 0 saturated carbocycles. The second-order valence-electron chi connectivity index (χ2n) is 10.2. The molecule has 218 valence electrons. The summed E-state index contributed by atoms with van der Waals surface area (Å²) in [4.78, 5) is 18.9. The first-order chi connectivity index (χ1) is 20.9. The number of carbonyl (C=O) groups excluding carboxylic acids is 1. The number of pyridine rings is 1. The SMILES string of the molecule is C=CC(=O)N1CCC(C#Cc2nc(-c3ccc4c(cnn4C)c3)c3ccsc3c2-c2c(F)cc(F)cc2OCCOC)C1. The number of thiophene rings is 1. The highest BCUT2D eigenvalue weighted by Crippen LogP contribution is 2.44. The molecule has 3 aromatic heterocycles. The molecular weight excluding hydrogens is 570 g/mol. The molecular formula is C33H28F2N4O3S. The molecule has 2 aromatic carbocycles. The fraction of sp³-hybridized carbons (Fsp3) is 0.242. The smallest absolute Gasteiger partial charge is 0.245 e. The van der Waals surface area contributed by atoms with Crippen molar-refractivity contribution in [2.45, 2.75) is 6.42 Å². The van der Waals surface area contributed by atoms with Crippen LogP contribution >= 0.6 is 11.3 Å². The van der Waals surface area contributed by atoms with Crippen LogP contribution in [-0.4, -0.2) is 59.0 Å². The van der Waals surface area contributed by atoms with Crippen molar-refractivity contribution in [2.75, 3.05) is 33.4 Å². The summed E-state index contributed by atoms with van der Waals surface area (Å²) < 4.78 is 43.7. The quantitative estimate of drug-likeness (QED) is 0.127. The lowest BCUT2D eigenvalue weighted by atomic mass is 9.97. The van der Waals surface area contributed by atoms with E-state index in [1.807, 2.05) is 36.7 Å². The molecule has 0 bridgehead atoms. The number of aromatic nitrogens is 3. The van der Waals surface area contributed by atoms with Gasteiger partial charge in [0.05, 0.1) is 29.6 Å². The van der Waals surface area contributed by atoms with Gasteiger partial charge in [-0.05, 0) is 42.0 Å². The number of benzene rings is 2. The second-order valence-corrected chi connectivity index (χ2v) is 11.2. The summed E-state index contributed by atoms with van der Waals surface area (Å²) in [6.07, 6.45) is 3.80. The normalized spacial score (nSPS) is 14.7. The zero-order valence-corrected chi connectivity index (χ0v) is 24.5. The van der Waals surface area contributed by atoms with Crippen molar-refractivity contribution in [1.82, 2.24) is 19.7 Å². The fourth-order valence-corrected chi connectivity index (χ4v) is 6.35. The van der Waals surface area contributed by atoms with Crippen LogP contribution in [0.15, 0.2) is 60.6 Å². The largest absolute Gasteiger partial charge is 0.490 e. The summed E-state index contributed by atoms with van der Waals surface area (Å²) in [5.74, 6) is 4.79. The first-order valence-electron chi connectivity index (χ1n) is 13.7. The molecule has 1 unspecified atom stereocenters. The van der Waals surface area contributed by atoms with E-state index in [0.717, 1.165) is 32.6 Å². The minimum atomic E-state index is -0.778. The van der Waals surface area contributed by atoms with Gasteiger partial charge in [0.2, 0.25) is 5.91 Å². The van der Waals surface area contributed by atoms with Crippen molar-refractivity contribution in [2.24, 2.45) is 13.0 Å². The lowest BCUT2D eigenvalue weighted by Crippen LogP contribution is -2.26. The van der Waals surface area contributed by atoms with Gasteiger partial charge in [-0.25, -0.2) is 13.8 Å². The van der Waals surface area contributed by atoms with Crippen molar-refractivity contribution in [1.29, 1.82) is 0 Å². The number of fused-ring (bicyclic) bond motifs is 2. The fourth-order valence-electron chi connectivity index (χ4n) is 5.40. The van der Waals surface area contributed by atoms with Crippen LogP contribution < -0.4 is 4.74 Å². The number of halogens is 2. The molecule has 0 spiro atoms. The van der Waals surface area contributed by atoms with Crippen LogP contribution in [0.2, 0.25) is 0 Å². The molecule has 0 aliphatic carbocycles. The molecule has 1 aliphatic rings. The highest BCUT2D eigenvalue weighted by atomic mass is 32.1. The molecule has 7 nitrogen and oxygen atoms in total. The molecule has 43 heavy (non-hydrogen) atoms. The van der Waals surface area contributed by atoms with Gasteiger partial charge in [-0.2, -0.15) is 5.10 Å². The standard InChI is InChI=1S/C33H28F2N4O3S/c1-4-29(40)39-11-9-20(19-39)5-7-26-31(30-25(35)16-23(34)17-28(30)42-13-12-41-3)33-24(10-14-43-33)32(37-26)21-6-8-27-22(15-21)18-36-38(27)2/h4,6,8,10,14-18,20H,1,9,11-13,19H2,2-3H3. The minimum Gasteiger partial charge on any atom is -0.490 e. The molecule has 0 N–H and O–H groups in total. The highest BCUT2D eigenvalue weighted by Gasteiger charge is 2.26. The minimum absolute atomic E-state index is 0.0438.